The van der Waals surface area contributed by atoms with Crippen LogP contribution >= 0.6 is 27.5 Å². The van der Waals surface area contributed by atoms with Gasteiger partial charge in [-0.2, -0.15) is 0 Å². The van der Waals surface area contributed by atoms with Crippen molar-refractivity contribution in [2.24, 2.45) is 5.92 Å². The van der Waals surface area contributed by atoms with Gasteiger partial charge in [0.05, 0.1) is 19.3 Å². The summed E-state index contributed by atoms with van der Waals surface area (Å²) in [6.45, 7) is 5.66. The molecule has 2 aromatic rings. The van der Waals surface area contributed by atoms with Crippen LogP contribution in [0.1, 0.15) is 43.1 Å². The number of hydrogen-bond acceptors (Lipinski definition) is 4. The van der Waals surface area contributed by atoms with Gasteiger partial charge in [-0.25, -0.2) is 4.79 Å². The van der Waals surface area contributed by atoms with Crippen molar-refractivity contribution >= 4 is 33.5 Å². The molecular weight excluding hydrogens is 472 g/mol. The van der Waals surface area contributed by atoms with E-state index in [0.29, 0.717) is 16.5 Å². The molecule has 0 aliphatic carbocycles. The van der Waals surface area contributed by atoms with Crippen LogP contribution in [-0.2, 0) is 9.53 Å². The maximum atomic E-state index is 11.1. The first-order valence-electron chi connectivity index (χ1n) is 9.58. The van der Waals surface area contributed by atoms with Crippen molar-refractivity contribution in [1.82, 2.24) is 0 Å². The summed E-state index contributed by atoms with van der Waals surface area (Å²) in [5.41, 5.74) is 2.77. The lowest BCUT2D eigenvalue weighted by atomic mass is 9.82. The van der Waals surface area contributed by atoms with Gasteiger partial charge in [-0.15, -0.1) is 0 Å². The van der Waals surface area contributed by atoms with Crippen molar-refractivity contribution in [2.45, 2.75) is 32.0 Å². The Balaban J connectivity index is 2.03. The van der Waals surface area contributed by atoms with Crippen LogP contribution in [0.15, 0.2) is 53.0 Å². The Morgan fingerprint density at radius 1 is 1.30 bits per heavy atom. The van der Waals surface area contributed by atoms with Crippen LogP contribution in [0.5, 0.6) is 11.5 Å². The molecule has 3 rings (SSSR count). The van der Waals surface area contributed by atoms with E-state index in [9.17, 15) is 4.79 Å². The highest BCUT2D eigenvalue weighted by Gasteiger charge is 2.36. The van der Waals surface area contributed by atoms with Gasteiger partial charge in [-0.1, -0.05) is 51.8 Å². The molecule has 0 unspecified atom stereocenters. The summed E-state index contributed by atoms with van der Waals surface area (Å²) < 4.78 is 18.5. The predicted molar refractivity (Wildman–Crippen MR) is 119 cm³/mol. The number of carbonyl (C=O) groups is 1. The molecule has 30 heavy (non-hydrogen) atoms. The predicted octanol–water partition coefficient (Wildman–Crippen LogP) is 6.36. The largest absolute Gasteiger partial charge is 0.493 e. The fraction of sp³-hybridized carbons (Fsp3) is 0.348. The molecule has 0 bridgehead atoms. The fourth-order valence-corrected chi connectivity index (χ4v) is 4.36. The molecule has 160 valence electrons. The Morgan fingerprint density at radius 2 is 2.00 bits per heavy atom. The van der Waals surface area contributed by atoms with Gasteiger partial charge in [-0.3, -0.25) is 0 Å². The molecule has 0 radical (unpaired) electrons. The van der Waals surface area contributed by atoms with E-state index in [2.05, 4.69) is 22.5 Å². The Labute approximate surface area is 189 Å². The highest BCUT2D eigenvalue weighted by Crippen LogP contribution is 2.49. The summed E-state index contributed by atoms with van der Waals surface area (Å²) in [5.74, 6) is -0.194. The molecule has 5 nitrogen and oxygen atoms in total. The first-order chi connectivity index (χ1) is 14.3. The van der Waals surface area contributed by atoms with E-state index in [-0.39, 0.29) is 18.1 Å². The monoisotopic (exact) mass is 494 g/mol. The summed E-state index contributed by atoms with van der Waals surface area (Å²) >= 11 is 9.55. The number of rotatable bonds is 7. The van der Waals surface area contributed by atoms with E-state index in [0.717, 1.165) is 34.0 Å². The van der Waals surface area contributed by atoms with Crippen LogP contribution in [0, 0.1) is 5.92 Å². The lowest BCUT2D eigenvalue weighted by Crippen LogP contribution is -2.26. The van der Waals surface area contributed by atoms with Gasteiger partial charge in [0.25, 0.3) is 0 Å². The lowest BCUT2D eigenvalue weighted by Gasteiger charge is -2.38. The van der Waals surface area contributed by atoms with Crippen LogP contribution in [0.25, 0.3) is 0 Å². The van der Waals surface area contributed by atoms with Crippen molar-refractivity contribution in [3.05, 3.63) is 69.2 Å². The molecular formula is C23H24BrClO5. The smallest absolute Gasteiger partial charge is 0.341 e. The first kappa shape index (κ1) is 22.7. The van der Waals surface area contributed by atoms with Crippen LogP contribution in [-0.4, -0.2) is 24.8 Å². The van der Waals surface area contributed by atoms with Gasteiger partial charge < -0.3 is 19.3 Å². The molecule has 2 aromatic carbocycles. The molecule has 0 amide bonds. The molecule has 3 atom stereocenters. The van der Waals surface area contributed by atoms with Crippen molar-refractivity contribution in [1.29, 1.82) is 0 Å². The number of carboxylic acid groups (broad SMARTS) is 1. The van der Waals surface area contributed by atoms with E-state index in [4.69, 9.17) is 30.9 Å². The van der Waals surface area contributed by atoms with E-state index < -0.39 is 12.6 Å². The summed E-state index contributed by atoms with van der Waals surface area (Å²) in [5, 5.41) is 9.79. The van der Waals surface area contributed by atoms with E-state index in [1.807, 2.05) is 37.3 Å². The van der Waals surface area contributed by atoms with Crippen molar-refractivity contribution in [2.75, 3.05) is 13.7 Å². The van der Waals surface area contributed by atoms with Gasteiger partial charge in [0, 0.05) is 21.0 Å². The third kappa shape index (κ3) is 5.17. The van der Waals surface area contributed by atoms with Gasteiger partial charge in [0.1, 0.15) is 0 Å². The number of hydrogen-bond donors (Lipinski definition) is 1. The molecule has 7 heteroatoms. The Kier molecular flexibility index (Phi) is 7.45. The molecule has 1 N–H and O–H groups in total. The zero-order valence-electron chi connectivity index (χ0n) is 16.9. The molecule has 0 spiro atoms. The standard InChI is InChI=1S/C23H24BrClO5/c1-13(2)17-8-9-19(14-4-6-16(25)7-5-14)30-22(17)18-10-15(24)11-20(28-3)23(18)29-12-21(26)27/h4-7,10-11,17,19,22H,1,8-9,12H2,2-3H3,(H,26,27)/t17-,19-,22+/m0/s1. The van der Waals surface area contributed by atoms with Gasteiger partial charge in [0.15, 0.2) is 18.1 Å². The molecule has 1 saturated heterocycles. The number of methoxy groups -OCH3 is 1. The molecule has 1 aliphatic heterocycles. The molecule has 1 heterocycles. The minimum absolute atomic E-state index is 0.0553. The number of ether oxygens (including phenoxy) is 3. The average Bonchev–Trinajstić information content (AvgIpc) is 2.72. The van der Waals surface area contributed by atoms with Crippen molar-refractivity contribution in [3.8, 4) is 11.5 Å². The minimum Gasteiger partial charge on any atom is -0.493 e. The average molecular weight is 496 g/mol. The second-order valence-electron chi connectivity index (χ2n) is 7.34. The second-order valence-corrected chi connectivity index (χ2v) is 8.69. The zero-order chi connectivity index (χ0) is 21.8. The number of carboxylic acids is 1. The maximum absolute atomic E-state index is 11.1. The highest BCUT2D eigenvalue weighted by molar-refractivity contribution is 9.10. The number of aliphatic carboxylic acids is 1. The normalized spacial score (nSPS) is 21.1. The van der Waals surface area contributed by atoms with E-state index in [1.165, 1.54) is 7.11 Å². The summed E-state index contributed by atoms with van der Waals surface area (Å²) in [6, 6.07) is 11.3. The van der Waals surface area contributed by atoms with Gasteiger partial charge >= 0.3 is 5.97 Å². The minimum atomic E-state index is -1.06. The van der Waals surface area contributed by atoms with E-state index >= 15 is 0 Å². The third-order valence-corrected chi connectivity index (χ3v) is 5.92. The number of halogens is 2. The van der Waals surface area contributed by atoms with Crippen molar-refractivity contribution < 1.29 is 24.1 Å². The zero-order valence-corrected chi connectivity index (χ0v) is 19.2. The van der Waals surface area contributed by atoms with Crippen LogP contribution < -0.4 is 9.47 Å². The Morgan fingerprint density at radius 3 is 2.60 bits per heavy atom. The fourth-order valence-electron chi connectivity index (χ4n) is 3.78. The van der Waals surface area contributed by atoms with Crippen LogP contribution in [0.3, 0.4) is 0 Å². The van der Waals surface area contributed by atoms with Gasteiger partial charge in [0.2, 0.25) is 0 Å². The first-order valence-corrected chi connectivity index (χ1v) is 10.8. The van der Waals surface area contributed by atoms with Crippen LogP contribution in [0.4, 0.5) is 0 Å². The quantitative estimate of drug-likeness (QED) is 0.453. The van der Waals surface area contributed by atoms with Crippen molar-refractivity contribution in [3.63, 3.8) is 0 Å². The summed E-state index contributed by atoms with van der Waals surface area (Å²) in [7, 11) is 1.52. The third-order valence-electron chi connectivity index (χ3n) is 5.21. The topological polar surface area (TPSA) is 65.0 Å². The number of benzene rings is 2. The highest BCUT2D eigenvalue weighted by atomic mass is 79.9. The van der Waals surface area contributed by atoms with Gasteiger partial charge in [-0.05, 0) is 49.6 Å². The SMILES string of the molecule is C=C(C)[C@@H]1CC[C@@H](c2ccc(Cl)cc2)O[C@H]1c1cc(Br)cc(OC)c1OCC(=O)O. The second kappa shape index (κ2) is 9.86. The molecule has 1 fully saturated rings. The maximum Gasteiger partial charge on any atom is 0.341 e. The lowest BCUT2D eigenvalue weighted by molar-refractivity contribution is -0.139. The molecule has 0 aromatic heterocycles. The Bertz CT molecular complexity index is 928. The summed E-state index contributed by atoms with van der Waals surface area (Å²) in [6.07, 6.45) is 1.22. The molecule has 0 saturated carbocycles. The summed E-state index contributed by atoms with van der Waals surface area (Å²) in [4.78, 5) is 11.1. The van der Waals surface area contributed by atoms with E-state index in [1.54, 1.807) is 6.07 Å². The Hall–Kier alpha value is -2.02. The van der Waals surface area contributed by atoms with Crippen LogP contribution in [0.2, 0.25) is 5.02 Å². The molecule has 1 aliphatic rings.